The second-order valence-corrected chi connectivity index (χ2v) is 8.79. The lowest BCUT2D eigenvalue weighted by Crippen LogP contribution is -2.32. The number of ether oxygens (including phenoxy) is 1. The van der Waals surface area contributed by atoms with Crippen LogP contribution in [0.1, 0.15) is 24.0 Å². The number of methoxy groups -OCH3 is 1. The van der Waals surface area contributed by atoms with Crippen LogP contribution in [0.5, 0.6) is 5.75 Å². The van der Waals surface area contributed by atoms with Crippen LogP contribution in [-0.2, 0) is 16.6 Å². The van der Waals surface area contributed by atoms with E-state index in [9.17, 15) is 8.42 Å². The molecule has 0 atom stereocenters. The molecule has 0 radical (unpaired) electrons. The van der Waals surface area contributed by atoms with Crippen LogP contribution >= 0.6 is 15.9 Å². The minimum absolute atomic E-state index is 0.0982. The third-order valence-electron chi connectivity index (χ3n) is 4.19. The quantitative estimate of drug-likeness (QED) is 0.720. The van der Waals surface area contributed by atoms with Crippen molar-refractivity contribution in [2.75, 3.05) is 7.11 Å². The van der Waals surface area contributed by atoms with E-state index in [1.807, 2.05) is 31.2 Å². The fourth-order valence-electron chi connectivity index (χ4n) is 2.60. The maximum Gasteiger partial charge on any atom is 0.243 e. The number of aryl methyl sites for hydroxylation is 1. The van der Waals surface area contributed by atoms with Crippen LogP contribution in [0.4, 0.5) is 0 Å². The van der Waals surface area contributed by atoms with Crippen LogP contribution in [0.3, 0.4) is 0 Å². The first-order valence-electron chi connectivity index (χ1n) is 7.83. The smallest absolute Gasteiger partial charge is 0.243 e. The number of rotatable bonds is 6. The largest absolute Gasteiger partial charge is 0.497 e. The van der Waals surface area contributed by atoms with Crippen LogP contribution in [0, 0.1) is 6.92 Å². The van der Waals surface area contributed by atoms with Crippen LogP contribution in [0.25, 0.3) is 0 Å². The summed E-state index contributed by atoms with van der Waals surface area (Å²) in [4.78, 5) is 0.351. The van der Waals surface area contributed by atoms with Crippen molar-refractivity contribution < 1.29 is 13.2 Å². The van der Waals surface area contributed by atoms with E-state index < -0.39 is 10.0 Å². The summed E-state index contributed by atoms with van der Waals surface area (Å²) < 4.78 is 33.9. The highest BCUT2D eigenvalue weighted by Crippen LogP contribution is 2.34. The van der Waals surface area contributed by atoms with Crippen molar-refractivity contribution in [3.8, 4) is 5.75 Å². The summed E-state index contributed by atoms with van der Waals surface area (Å²) in [5.74, 6) is 0.767. The minimum Gasteiger partial charge on any atom is -0.497 e. The van der Waals surface area contributed by atoms with E-state index in [1.54, 1.807) is 29.6 Å². The molecule has 0 unspecified atom stereocenters. The van der Waals surface area contributed by atoms with Gasteiger partial charge in [-0.05, 0) is 61.2 Å². The van der Waals surface area contributed by atoms with E-state index in [0.717, 1.165) is 34.2 Å². The van der Waals surface area contributed by atoms with E-state index in [0.29, 0.717) is 11.4 Å². The molecular formula is C18H20BrNO3S. The van der Waals surface area contributed by atoms with Crippen LogP contribution in [0.15, 0.2) is 51.8 Å². The molecule has 0 N–H and O–H groups in total. The zero-order valence-electron chi connectivity index (χ0n) is 13.7. The standard InChI is InChI=1S/C18H20BrNO3S/c1-13-11-17(9-10-18(13)19)24(21,22)20(15-5-6-15)12-14-3-7-16(23-2)8-4-14/h3-4,7-11,15H,5-6,12H2,1-2H3. The van der Waals surface area contributed by atoms with Gasteiger partial charge in [-0.2, -0.15) is 4.31 Å². The van der Waals surface area contributed by atoms with Gasteiger partial charge < -0.3 is 4.74 Å². The van der Waals surface area contributed by atoms with Gasteiger partial charge in [0.25, 0.3) is 0 Å². The monoisotopic (exact) mass is 409 g/mol. The Bertz CT molecular complexity index is 830. The van der Waals surface area contributed by atoms with Crippen LogP contribution in [0.2, 0.25) is 0 Å². The average Bonchev–Trinajstić information content (AvgIpc) is 3.40. The number of benzene rings is 2. The molecule has 1 aliphatic rings. The van der Waals surface area contributed by atoms with E-state index in [-0.39, 0.29) is 6.04 Å². The average molecular weight is 410 g/mol. The maximum absolute atomic E-state index is 13.1. The van der Waals surface area contributed by atoms with Gasteiger partial charge in [-0.15, -0.1) is 0 Å². The Morgan fingerprint density at radius 1 is 1.17 bits per heavy atom. The maximum atomic E-state index is 13.1. The van der Waals surface area contributed by atoms with E-state index in [2.05, 4.69) is 15.9 Å². The highest BCUT2D eigenvalue weighted by Gasteiger charge is 2.38. The second kappa shape index (κ2) is 6.86. The Morgan fingerprint density at radius 3 is 2.38 bits per heavy atom. The number of hydrogen-bond donors (Lipinski definition) is 0. The highest BCUT2D eigenvalue weighted by atomic mass is 79.9. The van der Waals surface area contributed by atoms with Gasteiger partial charge in [-0.3, -0.25) is 0 Å². The molecule has 24 heavy (non-hydrogen) atoms. The van der Waals surface area contributed by atoms with E-state index in [4.69, 9.17) is 4.74 Å². The lowest BCUT2D eigenvalue weighted by Gasteiger charge is -2.22. The molecule has 0 bridgehead atoms. The zero-order valence-corrected chi connectivity index (χ0v) is 16.1. The predicted octanol–water partition coefficient (Wildman–Crippen LogP) is 4.12. The molecule has 0 aromatic heterocycles. The Balaban J connectivity index is 1.90. The first-order chi connectivity index (χ1) is 11.4. The third-order valence-corrected chi connectivity index (χ3v) is 6.97. The lowest BCUT2D eigenvalue weighted by atomic mass is 10.2. The summed E-state index contributed by atoms with van der Waals surface area (Å²) >= 11 is 3.42. The molecule has 0 heterocycles. The van der Waals surface area contributed by atoms with Crippen LogP contribution in [-0.4, -0.2) is 25.9 Å². The fourth-order valence-corrected chi connectivity index (χ4v) is 4.60. The molecular weight excluding hydrogens is 390 g/mol. The SMILES string of the molecule is COc1ccc(CN(C2CC2)S(=O)(=O)c2ccc(Br)c(C)c2)cc1. The Morgan fingerprint density at radius 2 is 1.83 bits per heavy atom. The number of hydrogen-bond acceptors (Lipinski definition) is 3. The Kier molecular flexibility index (Phi) is 4.99. The predicted molar refractivity (Wildman–Crippen MR) is 97.6 cm³/mol. The normalized spacial score (nSPS) is 14.8. The second-order valence-electron chi connectivity index (χ2n) is 6.04. The molecule has 128 valence electrons. The lowest BCUT2D eigenvalue weighted by molar-refractivity contribution is 0.397. The van der Waals surface area contributed by atoms with Gasteiger partial charge in [-0.25, -0.2) is 8.42 Å². The fraction of sp³-hybridized carbons (Fsp3) is 0.333. The van der Waals surface area contributed by atoms with Gasteiger partial charge in [0.15, 0.2) is 0 Å². The molecule has 2 aromatic carbocycles. The highest BCUT2D eigenvalue weighted by molar-refractivity contribution is 9.10. The number of sulfonamides is 1. The Hall–Kier alpha value is -1.37. The molecule has 0 aliphatic heterocycles. The molecule has 1 fully saturated rings. The minimum atomic E-state index is -3.51. The number of halogens is 1. The zero-order chi connectivity index (χ0) is 17.3. The molecule has 2 aromatic rings. The third kappa shape index (κ3) is 3.66. The van der Waals surface area contributed by atoms with E-state index in [1.165, 1.54) is 0 Å². The van der Waals surface area contributed by atoms with Gasteiger partial charge in [0.1, 0.15) is 5.75 Å². The van der Waals surface area contributed by atoms with Gasteiger partial charge in [0.2, 0.25) is 10.0 Å². The van der Waals surface area contributed by atoms with Crippen molar-refractivity contribution in [1.82, 2.24) is 4.31 Å². The van der Waals surface area contributed by atoms with Crippen molar-refractivity contribution in [2.45, 2.75) is 37.2 Å². The van der Waals surface area contributed by atoms with Gasteiger partial charge in [0.05, 0.1) is 12.0 Å². The van der Waals surface area contributed by atoms with Crippen molar-refractivity contribution in [3.63, 3.8) is 0 Å². The summed E-state index contributed by atoms with van der Waals surface area (Å²) in [5.41, 5.74) is 1.87. The molecule has 0 spiro atoms. The summed E-state index contributed by atoms with van der Waals surface area (Å²) in [7, 11) is -1.89. The van der Waals surface area contributed by atoms with Crippen LogP contribution < -0.4 is 4.74 Å². The summed E-state index contributed by atoms with van der Waals surface area (Å²) in [5, 5.41) is 0. The van der Waals surface area contributed by atoms with Gasteiger partial charge in [0, 0.05) is 17.1 Å². The van der Waals surface area contributed by atoms with Crippen molar-refractivity contribution in [2.24, 2.45) is 0 Å². The summed E-state index contributed by atoms with van der Waals surface area (Å²) in [6.07, 6.45) is 1.84. The molecule has 4 nitrogen and oxygen atoms in total. The number of nitrogens with zero attached hydrogens (tertiary/aromatic N) is 1. The van der Waals surface area contributed by atoms with Gasteiger partial charge >= 0.3 is 0 Å². The van der Waals surface area contributed by atoms with Crippen molar-refractivity contribution in [1.29, 1.82) is 0 Å². The molecule has 1 aliphatic carbocycles. The van der Waals surface area contributed by atoms with Crippen molar-refractivity contribution >= 4 is 26.0 Å². The van der Waals surface area contributed by atoms with Gasteiger partial charge in [-0.1, -0.05) is 28.1 Å². The topological polar surface area (TPSA) is 46.6 Å². The van der Waals surface area contributed by atoms with E-state index >= 15 is 0 Å². The first kappa shape index (κ1) is 17.5. The molecule has 6 heteroatoms. The first-order valence-corrected chi connectivity index (χ1v) is 10.1. The molecule has 3 rings (SSSR count). The molecule has 1 saturated carbocycles. The summed E-state index contributed by atoms with van der Waals surface area (Å²) in [6, 6.07) is 12.8. The molecule has 0 saturated heterocycles. The molecule has 0 amide bonds. The summed E-state index contributed by atoms with van der Waals surface area (Å²) in [6.45, 7) is 2.28. The van der Waals surface area contributed by atoms with Crippen molar-refractivity contribution in [3.05, 3.63) is 58.1 Å². The Labute approximate surface area is 151 Å².